The van der Waals surface area contributed by atoms with E-state index in [1.807, 2.05) is 6.92 Å². The molecule has 108 valence electrons. The van der Waals surface area contributed by atoms with E-state index in [-0.39, 0.29) is 6.10 Å². The summed E-state index contributed by atoms with van der Waals surface area (Å²) >= 11 is 0. The normalized spacial score (nSPS) is 28.5. The minimum Gasteiger partial charge on any atom is -0.389 e. The molecule has 1 saturated heterocycles. The molecule has 0 aromatic rings. The summed E-state index contributed by atoms with van der Waals surface area (Å²) < 4.78 is 10.6. The molecular formula is C14H29NO3. The van der Waals surface area contributed by atoms with Crippen molar-refractivity contribution in [2.45, 2.75) is 64.3 Å². The number of methoxy groups -OCH3 is 1. The van der Waals surface area contributed by atoms with Crippen LogP contribution in [0.4, 0.5) is 0 Å². The maximum absolute atomic E-state index is 10.1. The lowest BCUT2D eigenvalue weighted by molar-refractivity contribution is -0.0431. The average molecular weight is 259 g/mol. The Morgan fingerprint density at radius 3 is 2.67 bits per heavy atom. The van der Waals surface area contributed by atoms with Crippen LogP contribution < -0.4 is 0 Å². The molecule has 4 heteroatoms. The van der Waals surface area contributed by atoms with Gasteiger partial charge in [0, 0.05) is 25.7 Å². The van der Waals surface area contributed by atoms with Crippen LogP contribution in [0.5, 0.6) is 0 Å². The van der Waals surface area contributed by atoms with Crippen LogP contribution in [0.15, 0.2) is 0 Å². The van der Waals surface area contributed by atoms with Crippen LogP contribution in [0, 0.1) is 0 Å². The Balaban J connectivity index is 2.28. The highest BCUT2D eigenvalue weighted by Gasteiger charge is 2.30. The van der Waals surface area contributed by atoms with Crippen molar-refractivity contribution in [3.05, 3.63) is 0 Å². The molecule has 1 rings (SSSR count). The Morgan fingerprint density at radius 1 is 1.33 bits per heavy atom. The Labute approximate surface area is 111 Å². The molecule has 0 bridgehead atoms. The summed E-state index contributed by atoms with van der Waals surface area (Å²) in [6.07, 6.45) is 3.30. The SMILES string of the molecule is CCC1CCC(C)N1CC(O)COC(C)COC. The number of likely N-dealkylation sites (tertiary alicyclic amines) is 1. The predicted octanol–water partition coefficient (Wildman–Crippen LogP) is 1.66. The lowest BCUT2D eigenvalue weighted by atomic mass is 10.1. The van der Waals surface area contributed by atoms with Crippen molar-refractivity contribution in [2.24, 2.45) is 0 Å². The van der Waals surface area contributed by atoms with E-state index in [1.54, 1.807) is 7.11 Å². The minimum atomic E-state index is -0.404. The third-order valence-electron chi connectivity index (χ3n) is 3.82. The fourth-order valence-corrected chi connectivity index (χ4v) is 2.75. The quantitative estimate of drug-likeness (QED) is 0.720. The molecule has 0 saturated carbocycles. The van der Waals surface area contributed by atoms with Crippen molar-refractivity contribution in [1.29, 1.82) is 0 Å². The van der Waals surface area contributed by atoms with Crippen LogP contribution in [0.25, 0.3) is 0 Å². The molecule has 0 aromatic carbocycles. The number of nitrogens with zero attached hydrogens (tertiary/aromatic N) is 1. The topological polar surface area (TPSA) is 41.9 Å². The molecule has 0 radical (unpaired) electrons. The van der Waals surface area contributed by atoms with E-state index in [1.165, 1.54) is 12.8 Å². The number of hydrogen-bond donors (Lipinski definition) is 1. The average Bonchev–Trinajstić information content (AvgIpc) is 2.68. The summed E-state index contributed by atoms with van der Waals surface area (Å²) in [5.74, 6) is 0. The van der Waals surface area contributed by atoms with Crippen molar-refractivity contribution in [3.8, 4) is 0 Å². The molecule has 1 heterocycles. The van der Waals surface area contributed by atoms with E-state index >= 15 is 0 Å². The van der Waals surface area contributed by atoms with Crippen molar-refractivity contribution in [1.82, 2.24) is 4.90 Å². The molecule has 1 N–H and O–H groups in total. The van der Waals surface area contributed by atoms with E-state index < -0.39 is 6.10 Å². The molecule has 4 unspecified atom stereocenters. The molecule has 4 atom stereocenters. The van der Waals surface area contributed by atoms with Crippen LogP contribution in [-0.2, 0) is 9.47 Å². The van der Waals surface area contributed by atoms with Gasteiger partial charge in [-0.1, -0.05) is 6.92 Å². The van der Waals surface area contributed by atoms with Gasteiger partial charge in [-0.05, 0) is 33.1 Å². The lowest BCUT2D eigenvalue weighted by Crippen LogP contribution is -2.41. The number of ether oxygens (including phenoxy) is 2. The summed E-state index contributed by atoms with van der Waals surface area (Å²) in [5.41, 5.74) is 0. The zero-order chi connectivity index (χ0) is 13.5. The monoisotopic (exact) mass is 259 g/mol. The van der Waals surface area contributed by atoms with E-state index in [0.717, 1.165) is 13.0 Å². The molecule has 1 aliphatic rings. The molecule has 1 fully saturated rings. The number of aliphatic hydroxyl groups excluding tert-OH is 1. The highest BCUT2D eigenvalue weighted by Crippen LogP contribution is 2.25. The smallest absolute Gasteiger partial charge is 0.0900 e. The van der Waals surface area contributed by atoms with Crippen molar-refractivity contribution < 1.29 is 14.6 Å². The largest absolute Gasteiger partial charge is 0.389 e. The van der Waals surface area contributed by atoms with Gasteiger partial charge in [0.25, 0.3) is 0 Å². The van der Waals surface area contributed by atoms with E-state index in [4.69, 9.17) is 9.47 Å². The maximum atomic E-state index is 10.1. The van der Waals surface area contributed by atoms with Crippen LogP contribution in [-0.4, -0.2) is 61.2 Å². The number of β-amino-alcohol motifs (C(OH)–C–C–N with tert-alkyl or cyclic N) is 1. The minimum absolute atomic E-state index is 0.0441. The van der Waals surface area contributed by atoms with Gasteiger partial charge in [-0.3, -0.25) is 4.90 Å². The Morgan fingerprint density at radius 2 is 2.06 bits per heavy atom. The summed E-state index contributed by atoms with van der Waals surface area (Å²) in [6.45, 7) is 8.12. The summed E-state index contributed by atoms with van der Waals surface area (Å²) in [6, 6.07) is 1.21. The molecule has 0 spiro atoms. The number of aliphatic hydroxyl groups is 1. The standard InChI is InChI=1S/C14H29NO3/c1-5-13-7-6-11(2)15(13)8-14(16)10-18-12(3)9-17-4/h11-14,16H,5-10H2,1-4H3. The second kappa shape index (κ2) is 8.10. The maximum Gasteiger partial charge on any atom is 0.0900 e. The lowest BCUT2D eigenvalue weighted by Gasteiger charge is -2.30. The molecule has 4 nitrogen and oxygen atoms in total. The second-order valence-corrected chi connectivity index (χ2v) is 5.44. The van der Waals surface area contributed by atoms with Gasteiger partial charge in [0.2, 0.25) is 0 Å². The first-order chi connectivity index (χ1) is 8.58. The summed E-state index contributed by atoms with van der Waals surface area (Å²) in [4.78, 5) is 2.43. The van der Waals surface area contributed by atoms with E-state index in [0.29, 0.717) is 25.3 Å². The fourth-order valence-electron chi connectivity index (χ4n) is 2.75. The molecule has 1 aliphatic heterocycles. The molecule has 0 aromatic heterocycles. The van der Waals surface area contributed by atoms with Gasteiger partial charge in [0.15, 0.2) is 0 Å². The van der Waals surface area contributed by atoms with Crippen molar-refractivity contribution in [2.75, 3.05) is 26.9 Å². The first-order valence-electron chi connectivity index (χ1n) is 7.12. The molecule has 0 amide bonds. The Hall–Kier alpha value is -0.160. The van der Waals surface area contributed by atoms with Crippen LogP contribution in [0.1, 0.15) is 40.0 Å². The molecule has 0 aliphatic carbocycles. The van der Waals surface area contributed by atoms with Gasteiger partial charge in [-0.2, -0.15) is 0 Å². The van der Waals surface area contributed by atoms with Gasteiger partial charge in [0.05, 0.1) is 25.4 Å². The van der Waals surface area contributed by atoms with Crippen molar-refractivity contribution in [3.63, 3.8) is 0 Å². The zero-order valence-electron chi connectivity index (χ0n) is 12.3. The van der Waals surface area contributed by atoms with Gasteiger partial charge >= 0.3 is 0 Å². The Bertz CT molecular complexity index is 225. The van der Waals surface area contributed by atoms with Crippen LogP contribution in [0.3, 0.4) is 0 Å². The number of rotatable bonds is 8. The summed E-state index contributed by atoms with van der Waals surface area (Å²) in [7, 11) is 1.66. The van der Waals surface area contributed by atoms with Gasteiger partial charge < -0.3 is 14.6 Å². The second-order valence-electron chi connectivity index (χ2n) is 5.44. The highest BCUT2D eigenvalue weighted by atomic mass is 16.5. The third-order valence-corrected chi connectivity index (χ3v) is 3.82. The zero-order valence-corrected chi connectivity index (χ0v) is 12.3. The Kier molecular flexibility index (Phi) is 7.15. The number of hydrogen-bond acceptors (Lipinski definition) is 4. The van der Waals surface area contributed by atoms with Gasteiger partial charge in [-0.25, -0.2) is 0 Å². The summed E-state index contributed by atoms with van der Waals surface area (Å²) in [5, 5.41) is 10.1. The van der Waals surface area contributed by atoms with E-state index in [2.05, 4.69) is 18.7 Å². The first kappa shape index (κ1) is 15.9. The highest BCUT2D eigenvalue weighted by molar-refractivity contribution is 4.85. The van der Waals surface area contributed by atoms with Gasteiger partial charge in [0.1, 0.15) is 0 Å². The third kappa shape index (κ3) is 4.84. The van der Waals surface area contributed by atoms with Gasteiger partial charge in [-0.15, -0.1) is 0 Å². The van der Waals surface area contributed by atoms with E-state index in [9.17, 15) is 5.11 Å². The molecular weight excluding hydrogens is 230 g/mol. The first-order valence-corrected chi connectivity index (χ1v) is 7.12. The predicted molar refractivity (Wildman–Crippen MR) is 72.8 cm³/mol. The van der Waals surface area contributed by atoms with Crippen molar-refractivity contribution >= 4 is 0 Å². The fraction of sp³-hybridized carbons (Fsp3) is 1.00. The van der Waals surface area contributed by atoms with Crippen LogP contribution >= 0.6 is 0 Å². The molecule has 18 heavy (non-hydrogen) atoms. The van der Waals surface area contributed by atoms with Crippen LogP contribution in [0.2, 0.25) is 0 Å².